The van der Waals surface area contributed by atoms with Crippen LogP contribution in [0.4, 0.5) is 8.78 Å². The molecule has 0 amide bonds. The van der Waals surface area contributed by atoms with Crippen LogP contribution in [-0.2, 0) is 6.42 Å². The lowest BCUT2D eigenvalue weighted by atomic mass is 10.0. The van der Waals surface area contributed by atoms with Gasteiger partial charge in [-0.2, -0.15) is 0 Å². The van der Waals surface area contributed by atoms with Gasteiger partial charge in [-0.25, -0.2) is 13.8 Å². The Morgan fingerprint density at radius 3 is 2.67 bits per heavy atom. The lowest BCUT2D eigenvalue weighted by molar-refractivity contribution is 0.0991. The van der Waals surface area contributed by atoms with E-state index in [2.05, 4.69) is 4.98 Å². The Morgan fingerprint density at radius 2 is 2.00 bits per heavy atom. The highest BCUT2D eigenvalue weighted by molar-refractivity contribution is 6.29. The molecule has 0 aliphatic carbocycles. The second-order valence-corrected chi connectivity index (χ2v) is 4.07. The summed E-state index contributed by atoms with van der Waals surface area (Å²) in [6, 6.07) is 6.71. The zero-order valence-corrected chi connectivity index (χ0v) is 9.92. The number of Topliss-reactive ketones (excluding diaryl/α,β-unsaturated/α-hetero) is 1. The van der Waals surface area contributed by atoms with Crippen molar-refractivity contribution in [3.63, 3.8) is 0 Å². The average Bonchev–Trinajstić information content (AvgIpc) is 2.36. The van der Waals surface area contributed by atoms with Crippen LogP contribution in [0.15, 0.2) is 36.5 Å². The van der Waals surface area contributed by atoms with Crippen LogP contribution in [0.2, 0.25) is 5.15 Å². The Hall–Kier alpha value is -1.81. The van der Waals surface area contributed by atoms with E-state index in [-0.39, 0.29) is 22.9 Å². The van der Waals surface area contributed by atoms with Crippen molar-refractivity contribution in [1.82, 2.24) is 4.98 Å². The van der Waals surface area contributed by atoms with E-state index in [1.807, 2.05) is 0 Å². The Labute approximate surface area is 107 Å². The molecule has 2 rings (SSSR count). The number of rotatable bonds is 3. The van der Waals surface area contributed by atoms with Crippen LogP contribution in [0.5, 0.6) is 0 Å². The summed E-state index contributed by atoms with van der Waals surface area (Å²) in [5.74, 6) is -2.30. The lowest BCUT2D eigenvalue weighted by Gasteiger charge is -2.03. The summed E-state index contributed by atoms with van der Waals surface area (Å²) in [5.41, 5.74) is 0.331. The number of hydrogen-bond donors (Lipinski definition) is 0. The SMILES string of the molecule is O=C(Cc1cccc(F)c1F)c1ccc(Cl)nc1. The van der Waals surface area contributed by atoms with Crippen molar-refractivity contribution in [2.45, 2.75) is 6.42 Å². The summed E-state index contributed by atoms with van der Waals surface area (Å²) >= 11 is 5.59. The molecule has 1 aromatic heterocycles. The number of ketones is 1. The smallest absolute Gasteiger partial charge is 0.168 e. The first kappa shape index (κ1) is 12.6. The van der Waals surface area contributed by atoms with Crippen LogP contribution in [0.3, 0.4) is 0 Å². The third-order valence-electron chi connectivity index (χ3n) is 2.43. The van der Waals surface area contributed by atoms with Crippen LogP contribution < -0.4 is 0 Å². The minimum absolute atomic E-state index is 0.0231. The van der Waals surface area contributed by atoms with Crippen molar-refractivity contribution < 1.29 is 13.6 Å². The molecule has 18 heavy (non-hydrogen) atoms. The number of benzene rings is 1. The fraction of sp³-hybridized carbons (Fsp3) is 0.0769. The lowest BCUT2D eigenvalue weighted by Crippen LogP contribution is -2.06. The van der Waals surface area contributed by atoms with Crippen molar-refractivity contribution in [2.24, 2.45) is 0 Å². The quantitative estimate of drug-likeness (QED) is 0.630. The molecule has 0 fully saturated rings. The van der Waals surface area contributed by atoms with E-state index in [9.17, 15) is 13.6 Å². The predicted octanol–water partition coefficient (Wildman–Crippen LogP) is 3.44. The molecule has 0 radical (unpaired) electrons. The van der Waals surface area contributed by atoms with E-state index < -0.39 is 11.6 Å². The molecule has 0 aliphatic rings. The van der Waals surface area contributed by atoms with Crippen molar-refractivity contribution in [2.75, 3.05) is 0 Å². The summed E-state index contributed by atoms with van der Waals surface area (Å²) in [4.78, 5) is 15.6. The highest BCUT2D eigenvalue weighted by Gasteiger charge is 2.13. The van der Waals surface area contributed by atoms with Crippen molar-refractivity contribution in [3.05, 3.63) is 64.4 Å². The molecular weight excluding hydrogens is 260 g/mol. The summed E-state index contributed by atoms with van der Waals surface area (Å²) in [5, 5.41) is 0.267. The molecule has 0 bridgehead atoms. The Morgan fingerprint density at radius 1 is 1.22 bits per heavy atom. The summed E-state index contributed by atoms with van der Waals surface area (Å²) in [7, 11) is 0. The molecule has 0 unspecified atom stereocenters. The number of carbonyl (C=O) groups excluding carboxylic acids is 1. The topological polar surface area (TPSA) is 30.0 Å². The minimum Gasteiger partial charge on any atom is -0.294 e. The van der Waals surface area contributed by atoms with E-state index in [1.54, 1.807) is 0 Å². The summed E-state index contributed by atoms with van der Waals surface area (Å²) < 4.78 is 26.3. The second kappa shape index (κ2) is 5.23. The van der Waals surface area contributed by atoms with Gasteiger partial charge in [0.2, 0.25) is 0 Å². The number of hydrogen-bond acceptors (Lipinski definition) is 2. The zero-order valence-electron chi connectivity index (χ0n) is 9.16. The first-order chi connectivity index (χ1) is 8.58. The molecule has 0 saturated heterocycles. The van der Waals surface area contributed by atoms with Crippen molar-refractivity contribution in [3.8, 4) is 0 Å². The fourth-order valence-electron chi connectivity index (χ4n) is 1.50. The molecule has 1 aromatic carbocycles. The third-order valence-corrected chi connectivity index (χ3v) is 2.66. The number of aromatic nitrogens is 1. The van der Waals surface area contributed by atoms with E-state index in [4.69, 9.17) is 11.6 Å². The normalized spacial score (nSPS) is 10.4. The van der Waals surface area contributed by atoms with Crippen molar-refractivity contribution in [1.29, 1.82) is 0 Å². The van der Waals surface area contributed by atoms with Gasteiger partial charge in [0.1, 0.15) is 5.15 Å². The molecule has 5 heteroatoms. The van der Waals surface area contributed by atoms with Gasteiger partial charge in [-0.1, -0.05) is 23.7 Å². The highest BCUT2D eigenvalue weighted by atomic mass is 35.5. The van der Waals surface area contributed by atoms with Crippen LogP contribution in [0, 0.1) is 11.6 Å². The van der Waals surface area contributed by atoms with Gasteiger partial charge in [0.25, 0.3) is 0 Å². The van der Waals surface area contributed by atoms with Crippen molar-refractivity contribution >= 4 is 17.4 Å². The van der Waals surface area contributed by atoms with Gasteiger partial charge in [0.15, 0.2) is 17.4 Å². The average molecular weight is 268 g/mol. The zero-order chi connectivity index (χ0) is 13.1. The van der Waals surface area contributed by atoms with Gasteiger partial charge in [-0.3, -0.25) is 4.79 Å². The van der Waals surface area contributed by atoms with Crippen LogP contribution in [-0.4, -0.2) is 10.8 Å². The van der Waals surface area contributed by atoms with E-state index in [0.29, 0.717) is 5.56 Å². The number of pyridine rings is 1. The first-order valence-electron chi connectivity index (χ1n) is 5.15. The number of carbonyl (C=O) groups is 1. The molecular formula is C13H8ClF2NO. The molecule has 0 atom stereocenters. The second-order valence-electron chi connectivity index (χ2n) is 3.68. The standard InChI is InChI=1S/C13H8ClF2NO/c14-12-5-4-9(7-17-12)11(18)6-8-2-1-3-10(15)13(8)16/h1-5,7H,6H2. The van der Waals surface area contributed by atoms with Gasteiger partial charge in [-0.05, 0) is 23.8 Å². The largest absolute Gasteiger partial charge is 0.294 e. The highest BCUT2D eigenvalue weighted by Crippen LogP contribution is 2.14. The Balaban J connectivity index is 2.21. The molecule has 2 nitrogen and oxygen atoms in total. The number of halogens is 3. The monoisotopic (exact) mass is 267 g/mol. The predicted molar refractivity (Wildman–Crippen MR) is 63.6 cm³/mol. The molecule has 92 valence electrons. The van der Waals surface area contributed by atoms with E-state index in [1.165, 1.54) is 30.5 Å². The van der Waals surface area contributed by atoms with Gasteiger partial charge in [0.05, 0.1) is 0 Å². The fourth-order valence-corrected chi connectivity index (χ4v) is 1.61. The van der Waals surface area contributed by atoms with Gasteiger partial charge in [-0.15, -0.1) is 0 Å². The maximum absolute atomic E-state index is 13.4. The maximum Gasteiger partial charge on any atom is 0.168 e. The number of nitrogens with zero attached hydrogens (tertiary/aromatic N) is 1. The Bertz CT molecular complexity index is 584. The molecule has 0 N–H and O–H groups in total. The molecule has 1 heterocycles. The van der Waals surface area contributed by atoms with Crippen LogP contribution >= 0.6 is 11.6 Å². The van der Waals surface area contributed by atoms with Crippen LogP contribution in [0.1, 0.15) is 15.9 Å². The van der Waals surface area contributed by atoms with E-state index in [0.717, 1.165) is 6.07 Å². The van der Waals surface area contributed by atoms with E-state index >= 15 is 0 Å². The molecule has 0 aliphatic heterocycles. The molecule has 0 saturated carbocycles. The van der Waals surface area contributed by atoms with Gasteiger partial charge in [0, 0.05) is 18.2 Å². The first-order valence-corrected chi connectivity index (χ1v) is 5.53. The van der Waals surface area contributed by atoms with Gasteiger partial charge >= 0.3 is 0 Å². The minimum atomic E-state index is -0.993. The Kier molecular flexibility index (Phi) is 3.67. The van der Waals surface area contributed by atoms with Crippen LogP contribution in [0.25, 0.3) is 0 Å². The molecule has 0 spiro atoms. The summed E-state index contributed by atoms with van der Waals surface area (Å²) in [6.07, 6.45) is 1.09. The van der Waals surface area contributed by atoms with Gasteiger partial charge < -0.3 is 0 Å². The summed E-state index contributed by atoms with van der Waals surface area (Å²) in [6.45, 7) is 0. The maximum atomic E-state index is 13.4. The third kappa shape index (κ3) is 2.71. The molecule has 2 aromatic rings.